The fourth-order valence-corrected chi connectivity index (χ4v) is 3.29. The molecule has 1 saturated heterocycles. The van der Waals surface area contributed by atoms with Gasteiger partial charge in [0, 0.05) is 25.8 Å². The first-order valence-corrected chi connectivity index (χ1v) is 8.67. The minimum atomic E-state index is -0.174. The van der Waals surface area contributed by atoms with E-state index >= 15 is 0 Å². The minimum absolute atomic E-state index is 0.00926. The van der Waals surface area contributed by atoms with Crippen LogP contribution in [0.15, 0.2) is 10.9 Å². The Labute approximate surface area is 136 Å². The van der Waals surface area contributed by atoms with Crippen molar-refractivity contribution in [2.24, 2.45) is 5.92 Å². The van der Waals surface area contributed by atoms with Crippen molar-refractivity contribution in [3.05, 3.63) is 27.7 Å². The number of amides is 1. The molecule has 2 heterocycles. The van der Waals surface area contributed by atoms with Gasteiger partial charge in [-0.3, -0.25) is 9.59 Å². The lowest BCUT2D eigenvalue weighted by Gasteiger charge is -2.22. The molecule has 0 bridgehead atoms. The molecule has 1 aliphatic carbocycles. The maximum atomic E-state index is 12.1. The highest BCUT2D eigenvalue weighted by molar-refractivity contribution is 5.75. The van der Waals surface area contributed by atoms with E-state index in [4.69, 9.17) is 4.74 Å². The highest BCUT2D eigenvalue weighted by Crippen LogP contribution is 2.17. The molecule has 23 heavy (non-hydrogen) atoms. The summed E-state index contributed by atoms with van der Waals surface area (Å²) in [5.41, 5.74) is 1.87. The molecule has 0 saturated carbocycles. The molecule has 126 valence electrons. The highest BCUT2D eigenvalue weighted by atomic mass is 16.5. The number of aromatic nitrogens is 2. The summed E-state index contributed by atoms with van der Waals surface area (Å²) in [6.07, 6.45) is 7.19. The van der Waals surface area contributed by atoms with Crippen LogP contribution in [0.25, 0.3) is 0 Å². The summed E-state index contributed by atoms with van der Waals surface area (Å²) in [6.45, 7) is 2.20. The van der Waals surface area contributed by atoms with Gasteiger partial charge in [-0.15, -0.1) is 0 Å². The molecular formula is C17H25N3O3. The molecule has 0 unspecified atom stereocenters. The maximum absolute atomic E-state index is 12.1. The molecular weight excluding hydrogens is 294 g/mol. The number of ether oxygens (including phenoxy) is 1. The van der Waals surface area contributed by atoms with Gasteiger partial charge in [-0.05, 0) is 50.0 Å². The molecule has 0 radical (unpaired) electrons. The molecule has 6 heteroatoms. The van der Waals surface area contributed by atoms with Crippen molar-refractivity contribution in [2.75, 3.05) is 19.8 Å². The first-order chi connectivity index (χ1) is 11.2. The molecule has 1 aromatic heterocycles. The number of carbonyl (C=O) groups excluding carboxylic acids is 1. The standard InChI is InChI=1S/C17H25N3O3/c21-16(18-11-13-6-8-23-9-7-13)12-20-17(22)10-14-4-2-1-3-5-15(14)19-20/h10,13H,1-9,11-12H2,(H,18,21). The Morgan fingerprint density at radius 2 is 2.04 bits per heavy atom. The summed E-state index contributed by atoms with van der Waals surface area (Å²) in [5.74, 6) is 0.337. The van der Waals surface area contributed by atoms with Gasteiger partial charge in [0.15, 0.2) is 0 Å². The second kappa shape index (κ2) is 7.73. The smallest absolute Gasteiger partial charge is 0.267 e. The lowest BCUT2D eigenvalue weighted by atomic mass is 10.0. The Balaban J connectivity index is 1.59. The van der Waals surface area contributed by atoms with Crippen LogP contribution >= 0.6 is 0 Å². The molecule has 1 amide bonds. The lowest BCUT2D eigenvalue weighted by molar-refractivity contribution is -0.122. The third kappa shape index (κ3) is 4.41. The van der Waals surface area contributed by atoms with Gasteiger partial charge in [0.2, 0.25) is 5.91 Å². The number of hydrogen-bond donors (Lipinski definition) is 1. The fraction of sp³-hybridized carbons (Fsp3) is 0.706. The van der Waals surface area contributed by atoms with E-state index in [1.165, 1.54) is 11.1 Å². The summed E-state index contributed by atoms with van der Waals surface area (Å²) in [7, 11) is 0. The van der Waals surface area contributed by atoms with Crippen LogP contribution in [0, 0.1) is 5.92 Å². The Kier molecular flexibility index (Phi) is 5.43. The van der Waals surface area contributed by atoms with E-state index < -0.39 is 0 Å². The van der Waals surface area contributed by atoms with Crippen LogP contribution in [0.5, 0.6) is 0 Å². The van der Waals surface area contributed by atoms with Crippen LogP contribution in [0.1, 0.15) is 43.4 Å². The van der Waals surface area contributed by atoms with Crippen LogP contribution in [0.4, 0.5) is 0 Å². The summed E-state index contributed by atoms with van der Waals surface area (Å²) < 4.78 is 6.62. The van der Waals surface area contributed by atoms with E-state index in [1.54, 1.807) is 6.07 Å². The molecule has 1 fully saturated rings. The van der Waals surface area contributed by atoms with Crippen molar-refractivity contribution in [1.82, 2.24) is 15.1 Å². The average Bonchev–Trinajstić information content (AvgIpc) is 2.79. The minimum Gasteiger partial charge on any atom is -0.381 e. The first kappa shape index (κ1) is 16.2. The summed E-state index contributed by atoms with van der Waals surface area (Å²) in [6, 6.07) is 1.67. The summed E-state index contributed by atoms with van der Waals surface area (Å²) in [5, 5.41) is 7.36. The van der Waals surface area contributed by atoms with Crippen molar-refractivity contribution >= 4 is 5.91 Å². The lowest BCUT2D eigenvalue weighted by Crippen LogP contribution is -2.37. The van der Waals surface area contributed by atoms with Gasteiger partial charge in [0.05, 0.1) is 5.69 Å². The van der Waals surface area contributed by atoms with Gasteiger partial charge in [0.25, 0.3) is 5.56 Å². The van der Waals surface area contributed by atoms with E-state index in [2.05, 4.69) is 10.4 Å². The predicted molar refractivity (Wildman–Crippen MR) is 86.3 cm³/mol. The first-order valence-electron chi connectivity index (χ1n) is 8.67. The van der Waals surface area contributed by atoms with Crippen LogP contribution in [0.3, 0.4) is 0 Å². The third-order valence-corrected chi connectivity index (χ3v) is 4.75. The number of carbonyl (C=O) groups is 1. The van der Waals surface area contributed by atoms with Crippen molar-refractivity contribution in [1.29, 1.82) is 0 Å². The summed E-state index contributed by atoms with van der Waals surface area (Å²) in [4.78, 5) is 24.2. The molecule has 1 aromatic rings. The SMILES string of the molecule is O=C(Cn1nc2c(cc1=O)CCCCC2)NCC1CCOCC1. The van der Waals surface area contributed by atoms with Gasteiger partial charge in [-0.1, -0.05) is 6.42 Å². The van der Waals surface area contributed by atoms with E-state index in [9.17, 15) is 9.59 Å². The van der Waals surface area contributed by atoms with Crippen LogP contribution in [-0.2, 0) is 28.9 Å². The van der Waals surface area contributed by atoms with Crippen molar-refractivity contribution in [2.45, 2.75) is 51.5 Å². The van der Waals surface area contributed by atoms with Gasteiger partial charge < -0.3 is 10.1 Å². The normalized spacial score (nSPS) is 19.0. The highest BCUT2D eigenvalue weighted by Gasteiger charge is 2.16. The predicted octanol–water partition coefficient (Wildman–Crippen LogP) is 1.05. The van der Waals surface area contributed by atoms with Gasteiger partial charge in [0.1, 0.15) is 6.54 Å². The van der Waals surface area contributed by atoms with Crippen LogP contribution < -0.4 is 10.9 Å². The van der Waals surface area contributed by atoms with E-state index in [-0.39, 0.29) is 18.0 Å². The number of fused-ring (bicyclic) bond motifs is 1. The topological polar surface area (TPSA) is 73.2 Å². The van der Waals surface area contributed by atoms with Crippen molar-refractivity contribution in [3.8, 4) is 0 Å². The number of rotatable bonds is 4. The Bertz CT molecular complexity index is 606. The number of nitrogens with one attached hydrogen (secondary N) is 1. The molecule has 3 rings (SSSR count). The van der Waals surface area contributed by atoms with Crippen molar-refractivity contribution in [3.63, 3.8) is 0 Å². The van der Waals surface area contributed by atoms with Crippen molar-refractivity contribution < 1.29 is 9.53 Å². The van der Waals surface area contributed by atoms with E-state index in [0.717, 1.165) is 63.0 Å². The Morgan fingerprint density at radius 1 is 1.26 bits per heavy atom. The quantitative estimate of drug-likeness (QED) is 0.842. The Morgan fingerprint density at radius 3 is 2.87 bits per heavy atom. The molecule has 2 aliphatic rings. The van der Waals surface area contributed by atoms with Gasteiger partial charge in [-0.25, -0.2) is 4.68 Å². The summed E-state index contributed by atoms with van der Waals surface area (Å²) >= 11 is 0. The third-order valence-electron chi connectivity index (χ3n) is 4.75. The largest absolute Gasteiger partial charge is 0.381 e. The van der Waals surface area contributed by atoms with E-state index in [1.807, 2.05) is 0 Å². The second-order valence-corrected chi connectivity index (χ2v) is 6.53. The fourth-order valence-electron chi connectivity index (χ4n) is 3.29. The zero-order chi connectivity index (χ0) is 16.1. The molecule has 1 aliphatic heterocycles. The van der Waals surface area contributed by atoms with Gasteiger partial charge in [-0.2, -0.15) is 5.10 Å². The molecule has 0 atom stereocenters. The number of nitrogens with zero attached hydrogens (tertiary/aromatic N) is 2. The zero-order valence-corrected chi connectivity index (χ0v) is 13.6. The maximum Gasteiger partial charge on any atom is 0.267 e. The Hall–Kier alpha value is -1.69. The van der Waals surface area contributed by atoms with Crippen LogP contribution in [0.2, 0.25) is 0 Å². The zero-order valence-electron chi connectivity index (χ0n) is 13.6. The number of aryl methyl sites for hydroxylation is 2. The van der Waals surface area contributed by atoms with Gasteiger partial charge >= 0.3 is 0 Å². The molecule has 6 nitrogen and oxygen atoms in total. The second-order valence-electron chi connectivity index (χ2n) is 6.53. The van der Waals surface area contributed by atoms with E-state index in [0.29, 0.717) is 12.5 Å². The average molecular weight is 319 g/mol. The molecule has 0 aromatic carbocycles. The molecule has 1 N–H and O–H groups in total. The molecule has 0 spiro atoms. The monoisotopic (exact) mass is 319 g/mol. The number of hydrogen-bond acceptors (Lipinski definition) is 4. The van der Waals surface area contributed by atoms with Crippen LogP contribution in [-0.4, -0.2) is 35.4 Å².